The molecule has 0 unspecified atom stereocenters. The minimum Gasteiger partial charge on any atom is -0.495 e. The van der Waals surface area contributed by atoms with E-state index in [2.05, 4.69) is 0 Å². The highest BCUT2D eigenvalue weighted by Gasteiger charge is 2.19. The number of nitrogens with two attached hydrogens (primary N) is 1. The lowest BCUT2D eigenvalue weighted by molar-refractivity contribution is 0.0992. The molecule has 2 aromatic rings. The van der Waals surface area contributed by atoms with Crippen LogP contribution in [0.25, 0.3) is 0 Å². The number of hydrogen-bond donors (Lipinski definition) is 1. The minimum absolute atomic E-state index is 0.193. The lowest BCUT2D eigenvalue weighted by Gasteiger charge is -2.21. The van der Waals surface area contributed by atoms with Crippen LogP contribution in [0, 0.1) is 0 Å². The van der Waals surface area contributed by atoms with Gasteiger partial charge in [-0.25, -0.2) is 0 Å². The summed E-state index contributed by atoms with van der Waals surface area (Å²) in [6.07, 6.45) is 0. The van der Waals surface area contributed by atoms with Crippen molar-refractivity contribution < 1.29 is 14.3 Å². The summed E-state index contributed by atoms with van der Waals surface area (Å²) in [5, 5.41) is 0.575. The Morgan fingerprint density at radius 3 is 2.23 bits per heavy atom. The maximum Gasteiger partial charge on any atom is 0.258 e. The van der Waals surface area contributed by atoms with Crippen LogP contribution in [-0.4, -0.2) is 27.2 Å². The number of nitrogen functional groups attached to an aromatic ring is 1. The summed E-state index contributed by atoms with van der Waals surface area (Å²) in [6.45, 7) is 0. The van der Waals surface area contributed by atoms with Crippen molar-refractivity contribution >= 4 is 28.9 Å². The van der Waals surface area contributed by atoms with Gasteiger partial charge in [0.1, 0.15) is 11.5 Å². The van der Waals surface area contributed by atoms with Crippen LogP contribution in [0.15, 0.2) is 36.4 Å². The van der Waals surface area contributed by atoms with Crippen molar-refractivity contribution in [1.29, 1.82) is 0 Å². The van der Waals surface area contributed by atoms with Gasteiger partial charge < -0.3 is 20.1 Å². The molecule has 6 heteroatoms. The third-order valence-corrected chi connectivity index (χ3v) is 3.54. The second-order valence-corrected chi connectivity index (χ2v) is 5.07. The van der Waals surface area contributed by atoms with Gasteiger partial charge in [-0.15, -0.1) is 0 Å². The molecule has 1 amide bonds. The Hall–Kier alpha value is -2.40. The first-order valence-corrected chi connectivity index (χ1v) is 6.90. The number of halogens is 1. The van der Waals surface area contributed by atoms with E-state index in [0.717, 1.165) is 0 Å². The Morgan fingerprint density at radius 2 is 1.68 bits per heavy atom. The van der Waals surface area contributed by atoms with Gasteiger partial charge in [0.15, 0.2) is 0 Å². The molecule has 2 rings (SSSR count). The van der Waals surface area contributed by atoms with Gasteiger partial charge in [0.25, 0.3) is 5.91 Å². The summed E-state index contributed by atoms with van der Waals surface area (Å²) in [6, 6.07) is 9.97. The molecule has 0 aliphatic heterocycles. The number of amides is 1. The van der Waals surface area contributed by atoms with Crippen LogP contribution in [0.5, 0.6) is 11.5 Å². The van der Waals surface area contributed by atoms with Gasteiger partial charge in [0.05, 0.1) is 25.6 Å². The first-order chi connectivity index (χ1) is 10.5. The highest BCUT2D eigenvalue weighted by Crippen LogP contribution is 2.37. The van der Waals surface area contributed by atoms with E-state index in [0.29, 0.717) is 33.5 Å². The van der Waals surface area contributed by atoms with Crippen molar-refractivity contribution in [1.82, 2.24) is 0 Å². The summed E-state index contributed by atoms with van der Waals surface area (Å²) in [5.74, 6) is 0.775. The fourth-order valence-corrected chi connectivity index (χ4v) is 2.19. The Bertz CT molecular complexity index is 687. The van der Waals surface area contributed by atoms with E-state index in [-0.39, 0.29) is 5.91 Å². The number of benzene rings is 2. The molecule has 0 saturated heterocycles. The lowest BCUT2D eigenvalue weighted by Crippen LogP contribution is -2.26. The molecule has 2 N–H and O–H groups in total. The molecular formula is C16H17ClN2O3. The normalized spacial score (nSPS) is 10.2. The fourth-order valence-electron chi connectivity index (χ4n) is 2.06. The number of methoxy groups -OCH3 is 2. The van der Waals surface area contributed by atoms with Gasteiger partial charge in [-0.2, -0.15) is 0 Å². The maximum absolute atomic E-state index is 12.6. The van der Waals surface area contributed by atoms with Crippen LogP contribution in [-0.2, 0) is 0 Å². The Labute approximate surface area is 134 Å². The number of carbonyl (C=O) groups excluding carboxylic acids is 1. The smallest absolute Gasteiger partial charge is 0.258 e. The van der Waals surface area contributed by atoms with Crippen LogP contribution in [0.3, 0.4) is 0 Å². The van der Waals surface area contributed by atoms with Crippen molar-refractivity contribution in [2.24, 2.45) is 0 Å². The van der Waals surface area contributed by atoms with Gasteiger partial charge >= 0.3 is 0 Å². The number of nitrogens with zero attached hydrogens (tertiary/aromatic N) is 1. The number of rotatable bonds is 4. The monoisotopic (exact) mass is 320 g/mol. The Balaban J connectivity index is 2.41. The average molecular weight is 321 g/mol. The highest BCUT2D eigenvalue weighted by atomic mass is 35.5. The lowest BCUT2D eigenvalue weighted by atomic mass is 10.1. The highest BCUT2D eigenvalue weighted by molar-refractivity contribution is 6.30. The second kappa shape index (κ2) is 6.58. The Morgan fingerprint density at radius 1 is 1.09 bits per heavy atom. The van der Waals surface area contributed by atoms with E-state index in [1.807, 2.05) is 0 Å². The van der Waals surface area contributed by atoms with Gasteiger partial charge in [-0.05, 0) is 24.3 Å². The van der Waals surface area contributed by atoms with Crippen molar-refractivity contribution in [3.63, 3.8) is 0 Å². The molecule has 2 aromatic carbocycles. The number of hydrogen-bond acceptors (Lipinski definition) is 4. The van der Waals surface area contributed by atoms with Gasteiger partial charge in [-0.1, -0.05) is 11.6 Å². The molecular weight excluding hydrogens is 304 g/mol. The molecule has 0 atom stereocenters. The average Bonchev–Trinajstić information content (AvgIpc) is 2.53. The van der Waals surface area contributed by atoms with E-state index < -0.39 is 0 Å². The summed E-state index contributed by atoms with van der Waals surface area (Å²) in [5.41, 5.74) is 7.38. The van der Waals surface area contributed by atoms with Gasteiger partial charge in [0, 0.05) is 29.8 Å². The van der Waals surface area contributed by atoms with Crippen molar-refractivity contribution in [2.75, 3.05) is 31.9 Å². The van der Waals surface area contributed by atoms with E-state index >= 15 is 0 Å². The summed E-state index contributed by atoms with van der Waals surface area (Å²) < 4.78 is 10.5. The third kappa shape index (κ3) is 3.09. The summed E-state index contributed by atoms with van der Waals surface area (Å²) in [7, 11) is 4.69. The molecule has 0 radical (unpaired) electrons. The minimum atomic E-state index is -0.193. The van der Waals surface area contributed by atoms with E-state index in [1.54, 1.807) is 43.4 Å². The molecule has 0 fully saturated rings. The summed E-state index contributed by atoms with van der Waals surface area (Å²) >= 11 is 5.84. The Kier molecular flexibility index (Phi) is 4.78. The van der Waals surface area contributed by atoms with Crippen LogP contribution in [0.2, 0.25) is 5.02 Å². The molecule has 0 aliphatic carbocycles. The van der Waals surface area contributed by atoms with Crippen molar-refractivity contribution in [3.8, 4) is 11.5 Å². The molecule has 0 aromatic heterocycles. The quantitative estimate of drug-likeness (QED) is 0.878. The topological polar surface area (TPSA) is 64.8 Å². The fraction of sp³-hybridized carbons (Fsp3) is 0.188. The van der Waals surface area contributed by atoms with E-state index in [1.165, 1.54) is 19.1 Å². The predicted octanol–water partition coefficient (Wildman–Crippen LogP) is 3.22. The molecule has 0 bridgehead atoms. The molecule has 0 aliphatic rings. The standard InChI is InChI=1S/C16H17ClN2O3/c1-19(16(20)10-4-6-11(17)7-5-10)13-9-14(21-2)12(18)8-15(13)22-3/h4-9H,18H2,1-3H3. The molecule has 22 heavy (non-hydrogen) atoms. The summed E-state index contributed by atoms with van der Waals surface area (Å²) in [4.78, 5) is 14.0. The van der Waals surface area contributed by atoms with E-state index in [9.17, 15) is 4.79 Å². The largest absolute Gasteiger partial charge is 0.495 e. The van der Waals surface area contributed by atoms with E-state index in [4.69, 9.17) is 26.8 Å². The van der Waals surface area contributed by atoms with Gasteiger partial charge in [-0.3, -0.25) is 4.79 Å². The molecule has 0 heterocycles. The zero-order valence-electron chi connectivity index (χ0n) is 12.6. The SMILES string of the molecule is COc1cc(N(C)C(=O)c2ccc(Cl)cc2)c(OC)cc1N. The van der Waals surface area contributed by atoms with Crippen LogP contribution >= 0.6 is 11.6 Å². The van der Waals surface area contributed by atoms with Crippen molar-refractivity contribution in [3.05, 3.63) is 47.0 Å². The van der Waals surface area contributed by atoms with Crippen LogP contribution in [0.1, 0.15) is 10.4 Å². The molecule has 116 valence electrons. The molecule has 0 saturated carbocycles. The third-order valence-electron chi connectivity index (χ3n) is 3.29. The van der Waals surface area contributed by atoms with Crippen LogP contribution < -0.4 is 20.1 Å². The number of anilines is 2. The predicted molar refractivity (Wildman–Crippen MR) is 88.1 cm³/mol. The second-order valence-electron chi connectivity index (χ2n) is 4.64. The molecule has 0 spiro atoms. The van der Waals surface area contributed by atoms with Crippen LogP contribution in [0.4, 0.5) is 11.4 Å². The maximum atomic E-state index is 12.6. The zero-order chi connectivity index (χ0) is 16.3. The first-order valence-electron chi connectivity index (χ1n) is 6.53. The number of carbonyl (C=O) groups is 1. The first kappa shape index (κ1) is 16.0. The van der Waals surface area contributed by atoms with Crippen molar-refractivity contribution in [2.45, 2.75) is 0 Å². The molecule has 5 nitrogen and oxygen atoms in total. The zero-order valence-corrected chi connectivity index (χ0v) is 13.3. The van der Waals surface area contributed by atoms with Gasteiger partial charge in [0.2, 0.25) is 0 Å². The number of ether oxygens (including phenoxy) is 2.